The first-order valence-corrected chi connectivity index (χ1v) is 12.8. The van der Waals surface area contributed by atoms with Gasteiger partial charge in [0.2, 0.25) is 5.75 Å². The van der Waals surface area contributed by atoms with Gasteiger partial charge in [-0.1, -0.05) is 6.07 Å². The van der Waals surface area contributed by atoms with Crippen LogP contribution in [-0.4, -0.2) is 62.1 Å². The maximum atomic E-state index is 13.0. The van der Waals surface area contributed by atoms with Crippen molar-refractivity contribution < 1.29 is 33.3 Å². The zero-order valence-electron chi connectivity index (χ0n) is 22.0. The second-order valence-electron chi connectivity index (χ2n) is 8.67. The third kappa shape index (κ3) is 7.62. The van der Waals surface area contributed by atoms with E-state index in [4.69, 9.17) is 18.9 Å². The predicted octanol–water partition coefficient (Wildman–Crippen LogP) is 4.09. The summed E-state index contributed by atoms with van der Waals surface area (Å²) in [6.07, 6.45) is 1.54. The third-order valence-corrected chi connectivity index (χ3v) is 5.97. The summed E-state index contributed by atoms with van der Waals surface area (Å²) in [7, 11) is 0. The molecular formula is C28H36N2O7. The normalized spacial score (nSPS) is 13.6. The van der Waals surface area contributed by atoms with Crippen molar-refractivity contribution in [2.45, 2.75) is 40.5 Å². The number of hydrogen-bond donors (Lipinski definition) is 1. The fraction of sp³-hybridized carbons (Fsp3) is 0.464. The van der Waals surface area contributed by atoms with Crippen molar-refractivity contribution in [2.24, 2.45) is 5.92 Å². The average molecular weight is 513 g/mol. The molecule has 0 atom stereocenters. The Kier molecular flexibility index (Phi) is 10.2. The minimum Gasteiger partial charge on any atom is -0.490 e. The lowest BCUT2D eigenvalue weighted by Gasteiger charge is -2.32. The number of esters is 1. The molecule has 200 valence electrons. The first kappa shape index (κ1) is 27.8. The molecule has 2 aromatic rings. The van der Waals surface area contributed by atoms with E-state index < -0.39 is 5.97 Å². The van der Waals surface area contributed by atoms with E-state index in [1.165, 1.54) is 6.92 Å². The van der Waals surface area contributed by atoms with Crippen LogP contribution in [0.4, 0.5) is 0 Å². The lowest BCUT2D eigenvalue weighted by molar-refractivity contribution is -0.131. The van der Waals surface area contributed by atoms with Gasteiger partial charge in [0.15, 0.2) is 11.5 Å². The Morgan fingerprint density at radius 2 is 1.51 bits per heavy atom. The molecule has 1 N–H and O–H groups in total. The first-order valence-electron chi connectivity index (χ1n) is 12.8. The van der Waals surface area contributed by atoms with E-state index in [1.807, 2.05) is 20.8 Å². The fourth-order valence-electron chi connectivity index (χ4n) is 4.24. The summed E-state index contributed by atoms with van der Waals surface area (Å²) in [5.41, 5.74) is 0.923. The number of nitrogens with zero attached hydrogens (tertiary/aromatic N) is 1. The highest BCUT2D eigenvalue weighted by molar-refractivity contribution is 5.96. The van der Waals surface area contributed by atoms with E-state index in [0.29, 0.717) is 73.6 Å². The summed E-state index contributed by atoms with van der Waals surface area (Å²) in [6.45, 7) is 9.94. The van der Waals surface area contributed by atoms with Crippen molar-refractivity contribution in [3.05, 3.63) is 47.5 Å². The molecule has 1 saturated heterocycles. The topological polar surface area (TPSA) is 103 Å². The number of amides is 2. The van der Waals surface area contributed by atoms with Crippen LogP contribution >= 0.6 is 0 Å². The van der Waals surface area contributed by atoms with Crippen LogP contribution in [0.1, 0.15) is 61.3 Å². The fourth-order valence-corrected chi connectivity index (χ4v) is 4.24. The predicted molar refractivity (Wildman–Crippen MR) is 139 cm³/mol. The Morgan fingerprint density at radius 3 is 2.08 bits per heavy atom. The van der Waals surface area contributed by atoms with Gasteiger partial charge in [0.05, 0.1) is 19.8 Å². The van der Waals surface area contributed by atoms with Crippen LogP contribution in [0, 0.1) is 5.92 Å². The van der Waals surface area contributed by atoms with Gasteiger partial charge >= 0.3 is 5.97 Å². The van der Waals surface area contributed by atoms with Gasteiger partial charge in [-0.25, -0.2) is 0 Å². The lowest BCUT2D eigenvalue weighted by atomic mass is 9.96. The van der Waals surface area contributed by atoms with E-state index in [1.54, 1.807) is 41.3 Å². The van der Waals surface area contributed by atoms with E-state index >= 15 is 0 Å². The van der Waals surface area contributed by atoms with E-state index in [9.17, 15) is 14.4 Å². The van der Waals surface area contributed by atoms with Crippen LogP contribution in [0.2, 0.25) is 0 Å². The zero-order chi connectivity index (χ0) is 26.8. The summed E-state index contributed by atoms with van der Waals surface area (Å²) in [5, 5.41) is 3.02. The van der Waals surface area contributed by atoms with Gasteiger partial charge in [-0.3, -0.25) is 14.4 Å². The lowest BCUT2D eigenvalue weighted by Crippen LogP contribution is -2.41. The first-order chi connectivity index (χ1) is 17.9. The highest BCUT2D eigenvalue weighted by Gasteiger charge is 2.25. The number of hydrogen-bond acceptors (Lipinski definition) is 7. The molecule has 0 radical (unpaired) electrons. The molecule has 9 nitrogen and oxygen atoms in total. The molecule has 37 heavy (non-hydrogen) atoms. The van der Waals surface area contributed by atoms with Crippen LogP contribution in [0.25, 0.3) is 0 Å². The number of nitrogens with one attached hydrogen (secondary N) is 1. The summed E-state index contributed by atoms with van der Waals surface area (Å²) >= 11 is 0. The molecule has 9 heteroatoms. The molecule has 0 aliphatic carbocycles. The van der Waals surface area contributed by atoms with Crippen molar-refractivity contribution >= 4 is 17.8 Å². The zero-order valence-corrected chi connectivity index (χ0v) is 22.0. The van der Waals surface area contributed by atoms with Gasteiger partial charge in [-0.15, -0.1) is 0 Å². The quantitative estimate of drug-likeness (QED) is 0.357. The smallest absolute Gasteiger partial charge is 0.308 e. The molecule has 1 heterocycles. The summed E-state index contributed by atoms with van der Waals surface area (Å²) in [4.78, 5) is 38.9. The van der Waals surface area contributed by atoms with Crippen molar-refractivity contribution in [2.75, 3.05) is 39.5 Å². The number of rotatable bonds is 11. The molecule has 0 unspecified atom stereocenters. The summed E-state index contributed by atoms with van der Waals surface area (Å²) < 4.78 is 22.2. The molecule has 1 fully saturated rings. The van der Waals surface area contributed by atoms with E-state index in [-0.39, 0.29) is 17.7 Å². The monoisotopic (exact) mass is 512 g/mol. The number of ether oxygens (including phenoxy) is 4. The Balaban J connectivity index is 1.58. The second-order valence-corrected chi connectivity index (χ2v) is 8.67. The van der Waals surface area contributed by atoms with Crippen LogP contribution in [-0.2, 0) is 4.79 Å². The number of carbonyl (C=O) groups is 3. The van der Waals surface area contributed by atoms with Crippen LogP contribution in [0.5, 0.6) is 23.0 Å². The molecule has 1 aliphatic heterocycles. The Bertz CT molecular complexity index is 1070. The molecule has 0 bridgehead atoms. The second kappa shape index (κ2) is 13.5. The number of carbonyl (C=O) groups excluding carboxylic acids is 3. The minimum atomic E-state index is -0.430. The Morgan fingerprint density at radius 1 is 0.892 bits per heavy atom. The van der Waals surface area contributed by atoms with Crippen molar-refractivity contribution in [3.8, 4) is 23.0 Å². The van der Waals surface area contributed by atoms with Crippen LogP contribution < -0.4 is 24.3 Å². The van der Waals surface area contributed by atoms with Crippen molar-refractivity contribution in [1.82, 2.24) is 10.2 Å². The van der Waals surface area contributed by atoms with Gasteiger partial charge in [0.1, 0.15) is 5.75 Å². The van der Waals surface area contributed by atoms with E-state index in [2.05, 4.69) is 5.32 Å². The highest BCUT2D eigenvalue weighted by atomic mass is 16.5. The van der Waals surface area contributed by atoms with Gasteiger partial charge in [-0.05, 0) is 69.9 Å². The van der Waals surface area contributed by atoms with Crippen LogP contribution in [0.15, 0.2) is 36.4 Å². The molecular weight excluding hydrogens is 476 g/mol. The van der Waals surface area contributed by atoms with Gasteiger partial charge in [0.25, 0.3) is 11.8 Å². The highest BCUT2D eigenvalue weighted by Crippen LogP contribution is 2.39. The molecule has 3 rings (SSSR count). The van der Waals surface area contributed by atoms with Gasteiger partial charge in [-0.2, -0.15) is 0 Å². The number of piperidine rings is 1. The van der Waals surface area contributed by atoms with Crippen molar-refractivity contribution in [3.63, 3.8) is 0 Å². The third-order valence-electron chi connectivity index (χ3n) is 5.97. The maximum absolute atomic E-state index is 13.0. The summed E-state index contributed by atoms with van der Waals surface area (Å²) in [6, 6.07) is 10.00. The van der Waals surface area contributed by atoms with Crippen LogP contribution in [0.3, 0.4) is 0 Å². The molecule has 2 aromatic carbocycles. The Labute approximate surface area is 218 Å². The van der Waals surface area contributed by atoms with Crippen molar-refractivity contribution in [1.29, 1.82) is 0 Å². The number of benzene rings is 2. The van der Waals surface area contributed by atoms with Gasteiger partial charge in [0, 0.05) is 37.7 Å². The largest absolute Gasteiger partial charge is 0.490 e. The molecule has 0 aromatic heterocycles. The minimum absolute atomic E-state index is 0.0993. The van der Waals surface area contributed by atoms with Gasteiger partial charge < -0.3 is 29.2 Å². The molecule has 2 amide bonds. The maximum Gasteiger partial charge on any atom is 0.308 e. The molecule has 0 spiro atoms. The Hall–Kier alpha value is -3.75. The molecule has 0 saturated carbocycles. The average Bonchev–Trinajstić information content (AvgIpc) is 2.89. The van der Waals surface area contributed by atoms with E-state index in [0.717, 1.165) is 12.8 Å². The number of likely N-dealkylation sites (tertiary alicyclic amines) is 1. The summed E-state index contributed by atoms with van der Waals surface area (Å²) in [5.74, 6) is 1.31. The standard InChI is InChI=1S/C28H36N2O7/c1-5-34-24-16-22(17-25(35-6-2)26(24)36-7-3)27(32)29-18-20-11-13-30(14-12-20)28(33)21-9-8-10-23(15-21)37-19(4)31/h8-10,15-17,20H,5-7,11-14,18H2,1-4H3,(H,29,32). The molecule has 1 aliphatic rings. The SMILES string of the molecule is CCOc1cc(C(=O)NCC2CCN(C(=O)c3cccc(OC(C)=O)c3)CC2)cc(OCC)c1OCC.